The van der Waals surface area contributed by atoms with Crippen LogP contribution in [0.2, 0.25) is 0 Å². The molecule has 2 heterocycles. The first-order valence-corrected chi connectivity index (χ1v) is 8.70. The van der Waals surface area contributed by atoms with Crippen LogP contribution in [0.25, 0.3) is 23.2 Å². The van der Waals surface area contributed by atoms with Gasteiger partial charge in [-0.15, -0.1) is 10.2 Å². The van der Waals surface area contributed by atoms with Crippen molar-refractivity contribution in [2.45, 2.75) is 6.54 Å². The zero-order chi connectivity index (χ0) is 18.5. The molecule has 27 heavy (non-hydrogen) atoms. The molecule has 0 aliphatic rings. The van der Waals surface area contributed by atoms with E-state index in [1.54, 1.807) is 19.8 Å². The summed E-state index contributed by atoms with van der Waals surface area (Å²) in [5, 5.41) is 8.83. The second-order valence-electron chi connectivity index (χ2n) is 6.05. The molecule has 0 bridgehead atoms. The number of ether oxygens (including phenoxy) is 2. The van der Waals surface area contributed by atoms with Crippen LogP contribution < -0.4 is 9.47 Å². The molecular formula is C21H20N4O2. The fourth-order valence-corrected chi connectivity index (χ4v) is 3.00. The van der Waals surface area contributed by atoms with Crippen molar-refractivity contribution in [2.75, 3.05) is 13.7 Å². The van der Waals surface area contributed by atoms with Gasteiger partial charge >= 0.3 is 0 Å². The molecule has 4 rings (SSSR count). The van der Waals surface area contributed by atoms with E-state index in [2.05, 4.69) is 51.3 Å². The Bertz CT molecular complexity index is 1050. The lowest BCUT2D eigenvalue weighted by atomic mass is 10.2. The fourth-order valence-electron chi connectivity index (χ4n) is 3.00. The number of methoxy groups -OCH3 is 1. The van der Waals surface area contributed by atoms with Gasteiger partial charge < -0.3 is 14.0 Å². The van der Waals surface area contributed by atoms with Crippen LogP contribution in [0.5, 0.6) is 11.5 Å². The first-order chi connectivity index (χ1) is 13.3. The number of benzene rings is 2. The number of aromatic nitrogens is 4. The van der Waals surface area contributed by atoms with Gasteiger partial charge in [0.05, 0.1) is 13.7 Å². The van der Waals surface area contributed by atoms with Crippen LogP contribution >= 0.6 is 0 Å². The Labute approximate surface area is 157 Å². The maximum atomic E-state index is 5.89. The summed E-state index contributed by atoms with van der Waals surface area (Å²) >= 11 is 0. The van der Waals surface area contributed by atoms with E-state index in [0.717, 1.165) is 23.6 Å². The van der Waals surface area contributed by atoms with E-state index < -0.39 is 0 Å². The number of hydrogen-bond donors (Lipinski definition) is 0. The lowest BCUT2D eigenvalue weighted by Gasteiger charge is -2.09. The summed E-state index contributed by atoms with van der Waals surface area (Å²) in [5.41, 5.74) is 2.32. The van der Waals surface area contributed by atoms with Crippen molar-refractivity contribution in [3.8, 4) is 11.5 Å². The van der Waals surface area contributed by atoms with Gasteiger partial charge in [0, 0.05) is 34.9 Å². The number of hydrogen-bond acceptors (Lipinski definition) is 4. The Hall–Kier alpha value is -3.54. The highest BCUT2D eigenvalue weighted by Gasteiger charge is 2.06. The molecule has 0 atom stereocenters. The molecule has 4 aromatic rings. The van der Waals surface area contributed by atoms with Crippen LogP contribution in [-0.2, 0) is 6.54 Å². The molecular weight excluding hydrogens is 340 g/mol. The number of nitrogens with zero attached hydrogens (tertiary/aromatic N) is 4. The van der Waals surface area contributed by atoms with Crippen LogP contribution in [0, 0.1) is 0 Å². The highest BCUT2D eigenvalue weighted by Crippen LogP contribution is 2.23. The minimum Gasteiger partial charge on any atom is -0.497 e. The monoisotopic (exact) mass is 360 g/mol. The molecule has 0 saturated carbocycles. The normalized spacial score (nSPS) is 11.3. The van der Waals surface area contributed by atoms with Crippen LogP contribution in [0.3, 0.4) is 0 Å². The minimum atomic E-state index is 0.570. The smallest absolute Gasteiger partial charge is 0.123 e. The predicted molar refractivity (Wildman–Crippen MR) is 106 cm³/mol. The fraction of sp³-hybridized carbons (Fsp3) is 0.143. The molecule has 0 fully saturated rings. The molecule has 6 heteroatoms. The van der Waals surface area contributed by atoms with Crippen molar-refractivity contribution in [3.05, 3.63) is 72.9 Å². The molecule has 0 saturated heterocycles. The van der Waals surface area contributed by atoms with Crippen molar-refractivity contribution in [1.82, 2.24) is 19.3 Å². The SMILES string of the molecule is COc1cccc(OCCn2cc(C=Cn3cnnc3)c3ccccc32)c1. The van der Waals surface area contributed by atoms with Gasteiger partial charge in [0.15, 0.2) is 0 Å². The van der Waals surface area contributed by atoms with Crippen molar-refractivity contribution in [3.63, 3.8) is 0 Å². The summed E-state index contributed by atoms with van der Waals surface area (Å²) < 4.78 is 15.2. The van der Waals surface area contributed by atoms with Gasteiger partial charge in [0.25, 0.3) is 0 Å². The summed E-state index contributed by atoms with van der Waals surface area (Å²) in [6.45, 7) is 1.32. The van der Waals surface area contributed by atoms with E-state index in [1.165, 1.54) is 10.9 Å². The van der Waals surface area contributed by atoms with E-state index >= 15 is 0 Å². The average molecular weight is 360 g/mol. The van der Waals surface area contributed by atoms with Crippen molar-refractivity contribution < 1.29 is 9.47 Å². The average Bonchev–Trinajstić information content (AvgIpc) is 3.35. The lowest BCUT2D eigenvalue weighted by molar-refractivity contribution is 0.298. The zero-order valence-electron chi connectivity index (χ0n) is 15.0. The number of para-hydroxylation sites is 1. The van der Waals surface area contributed by atoms with Gasteiger partial charge in [-0.05, 0) is 24.3 Å². The Morgan fingerprint density at radius 1 is 1.00 bits per heavy atom. The Kier molecular flexibility index (Phi) is 4.87. The predicted octanol–water partition coefficient (Wildman–Crippen LogP) is 3.95. The molecule has 6 nitrogen and oxygen atoms in total. The molecule has 0 aliphatic heterocycles. The molecule has 0 amide bonds. The van der Waals surface area contributed by atoms with Gasteiger partial charge in [0.2, 0.25) is 0 Å². The second-order valence-corrected chi connectivity index (χ2v) is 6.05. The first kappa shape index (κ1) is 16.9. The molecule has 2 aromatic carbocycles. The summed E-state index contributed by atoms with van der Waals surface area (Å²) in [4.78, 5) is 0. The quantitative estimate of drug-likeness (QED) is 0.501. The zero-order valence-corrected chi connectivity index (χ0v) is 15.0. The molecule has 0 aliphatic carbocycles. The molecule has 0 N–H and O–H groups in total. The third-order valence-electron chi connectivity index (χ3n) is 4.32. The molecule has 0 spiro atoms. The van der Waals surface area contributed by atoms with Gasteiger partial charge in [-0.25, -0.2) is 0 Å². The lowest BCUT2D eigenvalue weighted by Crippen LogP contribution is -2.07. The van der Waals surface area contributed by atoms with Gasteiger partial charge in [0.1, 0.15) is 30.8 Å². The first-order valence-electron chi connectivity index (χ1n) is 8.70. The van der Waals surface area contributed by atoms with Crippen LogP contribution in [0.1, 0.15) is 5.56 Å². The molecule has 2 aromatic heterocycles. The highest BCUT2D eigenvalue weighted by molar-refractivity contribution is 5.90. The van der Waals surface area contributed by atoms with Crippen molar-refractivity contribution in [1.29, 1.82) is 0 Å². The van der Waals surface area contributed by atoms with E-state index in [1.807, 2.05) is 35.0 Å². The Morgan fingerprint density at radius 3 is 2.67 bits per heavy atom. The highest BCUT2D eigenvalue weighted by atomic mass is 16.5. The Balaban J connectivity index is 1.51. The van der Waals surface area contributed by atoms with Crippen LogP contribution in [-0.4, -0.2) is 33.0 Å². The Morgan fingerprint density at radius 2 is 1.81 bits per heavy atom. The van der Waals surface area contributed by atoms with Gasteiger partial charge in [-0.3, -0.25) is 4.57 Å². The van der Waals surface area contributed by atoms with Crippen LogP contribution in [0.15, 0.2) is 67.4 Å². The minimum absolute atomic E-state index is 0.570. The molecule has 136 valence electrons. The van der Waals surface area contributed by atoms with Crippen molar-refractivity contribution in [2.24, 2.45) is 0 Å². The van der Waals surface area contributed by atoms with Gasteiger partial charge in [-0.2, -0.15) is 0 Å². The number of fused-ring (bicyclic) bond motifs is 1. The second kappa shape index (κ2) is 7.78. The summed E-state index contributed by atoms with van der Waals surface area (Å²) in [6.07, 6.45) is 9.47. The van der Waals surface area contributed by atoms with Gasteiger partial charge in [-0.1, -0.05) is 24.3 Å². The van der Waals surface area contributed by atoms with E-state index in [9.17, 15) is 0 Å². The molecule has 0 radical (unpaired) electrons. The number of rotatable bonds is 7. The third kappa shape index (κ3) is 3.84. The van der Waals surface area contributed by atoms with Crippen LogP contribution in [0.4, 0.5) is 0 Å². The maximum Gasteiger partial charge on any atom is 0.123 e. The standard InChI is InChI=1S/C21H20N4O2/c1-26-18-5-4-6-19(13-18)27-12-11-25-14-17(9-10-24-15-22-23-16-24)20-7-2-3-8-21(20)25/h2-10,13-16H,11-12H2,1H3. The van der Waals surface area contributed by atoms with Crippen molar-refractivity contribution >= 4 is 23.2 Å². The largest absolute Gasteiger partial charge is 0.497 e. The summed E-state index contributed by atoms with van der Waals surface area (Å²) in [5.74, 6) is 1.60. The van der Waals surface area contributed by atoms with E-state index in [0.29, 0.717) is 6.61 Å². The van der Waals surface area contributed by atoms with E-state index in [4.69, 9.17) is 9.47 Å². The van der Waals surface area contributed by atoms with E-state index in [-0.39, 0.29) is 0 Å². The maximum absolute atomic E-state index is 5.89. The summed E-state index contributed by atoms with van der Waals surface area (Å²) in [7, 11) is 1.65. The third-order valence-corrected chi connectivity index (χ3v) is 4.32. The summed E-state index contributed by atoms with van der Waals surface area (Å²) in [6, 6.07) is 16.0. The topological polar surface area (TPSA) is 54.1 Å². The molecule has 0 unspecified atom stereocenters.